The van der Waals surface area contributed by atoms with Crippen molar-refractivity contribution in [1.29, 1.82) is 0 Å². The fourth-order valence-electron chi connectivity index (χ4n) is 4.09. The normalized spacial score (nSPS) is 16.7. The number of piperazine rings is 1. The van der Waals surface area contributed by atoms with E-state index in [0.29, 0.717) is 11.1 Å². The minimum Gasteiger partial charge on any atom is -0.469 e. The highest BCUT2D eigenvalue weighted by molar-refractivity contribution is 5.95. The van der Waals surface area contributed by atoms with Gasteiger partial charge in [-0.2, -0.15) is 0 Å². The molecule has 12 heteroatoms. The van der Waals surface area contributed by atoms with Gasteiger partial charge in [0.2, 0.25) is 11.8 Å². The smallest absolute Gasteiger partial charge is 0.408 e. The third kappa shape index (κ3) is 10.1. The maximum Gasteiger partial charge on any atom is 0.408 e. The molecule has 1 saturated heterocycles. The highest BCUT2D eigenvalue weighted by atomic mass is 16.6. The molecule has 2 atom stereocenters. The highest BCUT2D eigenvalue weighted by Crippen LogP contribution is 2.20. The third-order valence-corrected chi connectivity index (χ3v) is 5.83. The fourth-order valence-corrected chi connectivity index (χ4v) is 4.09. The van der Waals surface area contributed by atoms with Crippen LogP contribution in [-0.4, -0.2) is 94.8 Å². The van der Waals surface area contributed by atoms with Crippen LogP contribution in [-0.2, 0) is 46.4 Å². The Morgan fingerprint density at radius 2 is 1.52 bits per heavy atom. The molecule has 2 rings (SSSR count). The number of methoxy groups -OCH3 is 1. The molecule has 0 unspecified atom stereocenters. The largest absolute Gasteiger partial charge is 0.469 e. The van der Waals surface area contributed by atoms with Gasteiger partial charge in [0.25, 0.3) is 0 Å². The number of esters is 2. The summed E-state index contributed by atoms with van der Waals surface area (Å²) in [5, 5.41) is 11.9. The van der Waals surface area contributed by atoms with Gasteiger partial charge in [0.05, 0.1) is 20.1 Å². The number of aliphatic hydroxyl groups excluding tert-OH is 1. The number of nitrogens with zero attached hydrogens (tertiary/aromatic N) is 2. The number of benzene rings is 1. The molecule has 0 aromatic heterocycles. The van der Waals surface area contributed by atoms with Gasteiger partial charge in [0.1, 0.15) is 29.8 Å². The average molecular weight is 564 g/mol. The number of hydrogen-bond acceptors (Lipinski definition) is 9. The van der Waals surface area contributed by atoms with Crippen molar-refractivity contribution < 1.29 is 43.3 Å². The van der Waals surface area contributed by atoms with Crippen LogP contribution in [0.3, 0.4) is 0 Å². The number of rotatable bonds is 9. The number of hydrogen-bond donors (Lipinski definition) is 2. The molecule has 1 fully saturated rings. The van der Waals surface area contributed by atoms with Gasteiger partial charge >= 0.3 is 18.0 Å². The van der Waals surface area contributed by atoms with Gasteiger partial charge in [-0.3, -0.25) is 19.2 Å². The summed E-state index contributed by atoms with van der Waals surface area (Å²) in [5.41, 5.74) is -0.210. The molecule has 1 aliphatic rings. The summed E-state index contributed by atoms with van der Waals surface area (Å²) >= 11 is 0. The van der Waals surface area contributed by atoms with Crippen molar-refractivity contribution >= 4 is 29.8 Å². The Bertz CT molecular complexity index is 1070. The molecule has 1 aromatic rings. The first-order valence-corrected chi connectivity index (χ1v) is 13.1. The van der Waals surface area contributed by atoms with E-state index in [1.54, 1.807) is 65.8 Å². The molecule has 12 nitrogen and oxygen atoms in total. The minimum absolute atomic E-state index is 0.00494. The van der Waals surface area contributed by atoms with Gasteiger partial charge in [0.15, 0.2) is 0 Å². The summed E-state index contributed by atoms with van der Waals surface area (Å²) in [6, 6.07) is 4.44. The molecular formula is C28H41N3O9. The lowest BCUT2D eigenvalue weighted by Crippen LogP contribution is -2.63. The number of carbonyl (C=O) groups is 5. The molecule has 0 spiro atoms. The van der Waals surface area contributed by atoms with E-state index >= 15 is 0 Å². The lowest BCUT2D eigenvalue weighted by atomic mass is 10.0. The monoisotopic (exact) mass is 563 g/mol. The van der Waals surface area contributed by atoms with E-state index in [9.17, 15) is 29.1 Å². The quantitative estimate of drug-likeness (QED) is 0.337. The van der Waals surface area contributed by atoms with Crippen molar-refractivity contribution in [3.05, 3.63) is 35.4 Å². The van der Waals surface area contributed by atoms with E-state index in [4.69, 9.17) is 14.2 Å². The predicted octanol–water partition coefficient (Wildman–Crippen LogP) is 1.56. The molecule has 40 heavy (non-hydrogen) atoms. The van der Waals surface area contributed by atoms with Crippen LogP contribution in [0.15, 0.2) is 24.3 Å². The van der Waals surface area contributed by atoms with E-state index in [-0.39, 0.29) is 32.7 Å². The van der Waals surface area contributed by atoms with Gasteiger partial charge in [0, 0.05) is 19.5 Å². The second-order valence-corrected chi connectivity index (χ2v) is 11.6. The Morgan fingerprint density at radius 3 is 2.05 bits per heavy atom. The first-order valence-electron chi connectivity index (χ1n) is 13.1. The number of ether oxygens (including phenoxy) is 3. The van der Waals surface area contributed by atoms with Crippen molar-refractivity contribution in [3.8, 4) is 0 Å². The molecule has 1 heterocycles. The highest BCUT2D eigenvalue weighted by Gasteiger charge is 2.42. The van der Waals surface area contributed by atoms with E-state index in [0.717, 1.165) is 0 Å². The zero-order valence-corrected chi connectivity index (χ0v) is 24.3. The number of amides is 3. The number of nitrogens with one attached hydrogen (secondary N) is 1. The van der Waals surface area contributed by atoms with Crippen LogP contribution in [0.2, 0.25) is 0 Å². The van der Waals surface area contributed by atoms with E-state index in [2.05, 4.69) is 5.32 Å². The van der Waals surface area contributed by atoms with Gasteiger partial charge in [-0.05, 0) is 52.7 Å². The van der Waals surface area contributed by atoms with Crippen molar-refractivity contribution in [3.63, 3.8) is 0 Å². The standard InChI is InChI=1S/C28H41N3O9/c1-27(2,3)39-23(34)16-30-12-13-31(21(25(30)36)15-22(33)38-7)24(35)20(29-26(37)40-28(4,5)6)14-18-8-10-19(17-32)11-9-18/h8-11,20-21,32H,12-17H2,1-7H3,(H,29,37)/t20-,21-/m0/s1. The average Bonchev–Trinajstić information content (AvgIpc) is 2.83. The molecule has 2 N–H and O–H groups in total. The van der Waals surface area contributed by atoms with E-state index < -0.39 is 59.6 Å². The lowest BCUT2D eigenvalue weighted by molar-refractivity contribution is -0.164. The Balaban J connectivity index is 2.34. The second kappa shape index (κ2) is 13.6. The first-order chi connectivity index (χ1) is 18.5. The maximum atomic E-state index is 13.9. The maximum absolute atomic E-state index is 13.9. The summed E-state index contributed by atoms with van der Waals surface area (Å²) in [6.07, 6.45) is -1.20. The van der Waals surface area contributed by atoms with Crippen LogP contribution in [0.1, 0.15) is 59.1 Å². The van der Waals surface area contributed by atoms with Crippen LogP contribution in [0.5, 0.6) is 0 Å². The van der Waals surface area contributed by atoms with Crippen molar-refractivity contribution in [2.24, 2.45) is 0 Å². The van der Waals surface area contributed by atoms with Crippen molar-refractivity contribution in [1.82, 2.24) is 15.1 Å². The minimum atomic E-state index is -1.25. The first kappa shape index (κ1) is 32.5. The summed E-state index contributed by atoms with van der Waals surface area (Å²) in [6.45, 7) is 9.71. The van der Waals surface area contributed by atoms with Gasteiger partial charge in [-0.1, -0.05) is 24.3 Å². The van der Waals surface area contributed by atoms with Gasteiger partial charge in [-0.25, -0.2) is 4.79 Å². The molecule has 1 aliphatic heterocycles. The molecular weight excluding hydrogens is 522 g/mol. The van der Waals surface area contributed by atoms with Gasteiger partial charge < -0.3 is 34.4 Å². The molecule has 0 aliphatic carbocycles. The summed E-state index contributed by atoms with van der Waals surface area (Å²) in [4.78, 5) is 67.1. The topological polar surface area (TPSA) is 152 Å². The summed E-state index contributed by atoms with van der Waals surface area (Å²) in [7, 11) is 1.17. The molecule has 0 radical (unpaired) electrons. The Morgan fingerprint density at radius 1 is 0.950 bits per heavy atom. The van der Waals surface area contributed by atoms with Crippen LogP contribution < -0.4 is 5.32 Å². The molecule has 3 amide bonds. The fraction of sp³-hybridized carbons (Fsp3) is 0.607. The lowest BCUT2D eigenvalue weighted by Gasteiger charge is -2.41. The van der Waals surface area contributed by atoms with Crippen LogP contribution in [0.4, 0.5) is 4.79 Å². The van der Waals surface area contributed by atoms with Crippen LogP contribution in [0, 0.1) is 0 Å². The third-order valence-electron chi connectivity index (χ3n) is 5.83. The van der Waals surface area contributed by atoms with Crippen molar-refractivity contribution in [2.45, 2.75) is 84.3 Å². The molecule has 1 aromatic carbocycles. The molecule has 0 bridgehead atoms. The zero-order valence-electron chi connectivity index (χ0n) is 24.3. The van der Waals surface area contributed by atoms with Gasteiger partial charge in [-0.15, -0.1) is 0 Å². The Hall–Kier alpha value is -3.67. The predicted molar refractivity (Wildman–Crippen MR) is 144 cm³/mol. The number of carbonyl (C=O) groups excluding carboxylic acids is 5. The van der Waals surface area contributed by atoms with Crippen LogP contribution in [0.25, 0.3) is 0 Å². The Kier molecular flexibility index (Phi) is 11.1. The molecule has 0 saturated carbocycles. The van der Waals surface area contributed by atoms with Crippen molar-refractivity contribution in [2.75, 3.05) is 26.7 Å². The summed E-state index contributed by atoms with van der Waals surface area (Å²) < 4.78 is 15.4. The SMILES string of the molecule is COC(=O)C[C@H]1C(=O)N(CC(=O)OC(C)(C)C)CCN1C(=O)[C@H](Cc1ccc(CO)cc1)NC(=O)OC(C)(C)C. The van der Waals surface area contributed by atoms with Crippen LogP contribution >= 0.6 is 0 Å². The molecule has 222 valence electrons. The Labute approximate surface area is 234 Å². The van der Waals surface area contributed by atoms with E-state index in [1.807, 2.05) is 0 Å². The number of alkyl carbamates (subject to hydrolysis) is 1. The van der Waals surface area contributed by atoms with E-state index in [1.165, 1.54) is 16.9 Å². The number of aliphatic hydroxyl groups is 1. The summed E-state index contributed by atoms with van der Waals surface area (Å²) in [5.74, 6) is -2.55. The second-order valence-electron chi connectivity index (χ2n) is 11.6. The zero-order chi connectivity index (χ0) is 30.3.